The molecule has 0 unspecified atom stereocenters. The first-order valence-electron chi connectivity index (χ1n) is 8.94. The predicted molar refractivity (Wildman–Crippen MR) is 95.5 cm³/mol. The largest absolute Gasteiger partial charge is 0.374 e. The molecule has 2 aromatic carbocycles. The highest BCUT2D eigenvalue weighted by Gasteiger charge is 2.55. The van der Waals surface area contributed by atoms with Gasteiger partial charge in [-0.3, -0.25) is 0 Å². The summed E-state index contributed by atoms with van der Waals surface area (Å²) >= 11 is 0. The SMILES string of the molecule is O=S(=O)(c1ccccc1-c1ccccc1)N1C[C@@H]2[C@H](C1)[C@H]1CC[C@@H]2O1. The fourth-order valence-corrected chi connectivity index (χ4v) is 6.53. The van der Waals surface area contributed by atoms with E-state index in [1.54, 1.807) is 10.4 Å². The Bertz CT molecular complexity index is 878. The lowest BCUT2D eigenvalue weighted by atomic mass is 9.82. The summed E-state index contributed by atoms with van der Waals surface area (Å²) < 4.78 is 34.4. The van der Waals surface area contributed by atoms with Crippen molar-refractivity contribution >= 4 is 10.0 Å². The number of fused-ring (bicyclic) bond motifs is 5. The fourth-order valence-electron chi connectivity index (χ4n) is 4.80. The molecule has 4 nitrogen and oxygen atoms in total. The van der Waals surface area contributed by atoms with Crippen molar-refractivity contribution < 1.29 is 13.2 Å². The fraction of sp³-hybridized carbons (Fsp3) is 0.400. The van der Waals surface area contributed by atoms with Gasteiger partial charge < -0.3 is 4.74 Å². The molecule has 3 fully saturated rings. The highest BCUT2D eigenvalue weighted by Crippen LogP contribution is 2.48. The van der Waals surface area contributed by atoms with Gasteiger partial charge >= 0.3 is 0 Å². The van der Waals surface area contributed by atoms with Crippen LogP contribution >= 0.6 is 0 Å². The Kier molecular flexibility index (Phi) is 3.52. The Morgan fingerprint density at radius 2 is 1.44 bits per heavy atom. The van der Waals surface area contributed by atoms with E-state index in [1.165, 1.54) is 0 Å². The average molecular weight is 355 g/mol. The first-order valence-corrected chi connectivity index (χ1v) is 10.4. The minimum Gasteiger partial charge on any atom is -0.374 e. The number of sulfonamides is 1. The predicted octanol–water partition coefficient (Wildman–Crippen LogP) is 3.15. The van der Waals surface area contributed by atoms with Crippen LogP contribution in [0.3, 0.4) is 0 Å². The molecular formula is C20H21NO3S. The van der Waals surface area contributed by atoms with E-state index in [2.05, 4.69) is 0 Å². The van der Waals surface area contributed by atoms with Gasteiger partial charge in [-0.1, -0.05) is 48.5 Å². The van der Waals surface area contributed by atoms with E-state index in [4.69, 9.17) is 4.74 Å². The minimum absolute atomic E-state index is 0.263. The van der Waals surface area contributed by atoms with Gasteiger partial charge in [0.25, 0.3) is 0 Å². The molecule has 3 aliphatic heterocycles. The number of benzene rings is 2. The van der Waals surface area contributed by atoms with Gasteiger partial charge in [0.05, 0.1) is 17.1 Å². The topological polar surface area (TPSA) is 46.6 Å². The third-order valence-corrected chi connectivity index (χ3v) is 7.90. The van der Waals surface area contributed by atoms with Gasteiger partial charge in [0, 0.05) is 30.5 Å². The summed E-state index contributed by atoms with van der Waals surface area (Å²) in [5, 5.41) is 0. The molecule has 0 aromatic heterocycles. The second kappa shape index (κ2) is 5.66. The highest BCUT2D eigenvalue weighted by atomic mass is 32.2. The lowest BCUT2D eigenvalue weighted by Gasteiger charge is -2.20. The van der Waals surface area contributed by atoms with E-state index in [1.807, 2.05) is 48.5 Å². The second-order valence-corrected chi connectivity index (χ2v) is 9.21. The minimum atomic E-state index is -3.50. The van der Waals surface area contributed by atoms with E-state index in [0.717, 1.165) is 24.0 Å². The monoisotopic (exact) mass is 355 g/mol. The lowest BCUT2D eigenvalue weighted by Crippen LogP contribution is -2.31. The summed E-state index contributed by atoms with van der Waals surface area (Å²) in [5.41, 5.74) is 1.71. The van der Waals surface area contributed by atoms with E-state index >= 15 is 0 Å². The molecule has 2 aromatic rings. The molecule has 0 aliphatic carbocycles. The molecule has 0 N–H and O–H groups in total. The summed E-state index contributed by atoms with van der Waals surface area (Å²) in [6.45, 7) is 1.19. The zero-order valence-corrected chi connectivity index (χ0v) is 14.7. The van der Waals surface area contributed by atoms with Crippen LogP contribution in [0.4, 0.5) is 0 Å². The van der Waals surface area contributed by atoms with Gasteiger partial charge in [-0.15, -0.1) is 0 Å². The van der Waals surface area contributed by atoms with Gasteiger partial charge in [0.1, 0.15) is 0 Å². The van der Waals surface area contributed by atoms with E-state index in [9.17, 15) is 8.42 Å². The van der Waals surface area contributed by atoms with Crippen molar-refractivity contribution in [2.45, 2.75) is 29.9 Å². The van der Waals surface area contributed by atoms with Crippen LogP contribution in [0.2, 0.25) is 0 Å². The van der Waals surface area contributed by atoms with Crippen LogP contribution < -0.4 is 0 Å². The smallest absolute Gasteiger partial charge is 0.243 e. The maximum Gasteiger partial charge on any atom is 0.243 e. The Morgan fingerprint density at radius 3 is 2.12 bits per heavy atom. The number of nitrogens with zero attached hydrogens (tertiary/aromatic N) is 1. The van der Waals surface area contributed by atoms with Crippen LogP contribution in [0.1, 0.15) is 12.8 Å². The van der Waals surface area contributed by atoms with Crippen molar-refractivity contribution in [3.8, 4) is 11.1 Å². The summed E-state index contributed by atoms with van der Waals surface area (Å²) in [6.07, 6.45) is 2.69. The van der Waals surface area contributed by atoms with Crippen LogP contribution in [-0.4, -0.2) is 38.0 Å². The molecule has 0 radical (unpaired) electrons. The van der Waals surface area contributed by atoms with Crippen molar-refractivity contribution in [2.75, 3.05) is 13.1 Å². The maximum absolute atomic E-state index is 13.4. The maximum atomic E-state index is 13.4. The summed E-state index contributed by atoms with van der Waals surface area (Å²) in [7, 11) is -3.50. The molecular weight excluding hydrogens is 334 g/mol. The Hall–Kier alpha value is -1.69. The Morgan fingerprint density at radius 1 is 0.840 bits per heavy atom. The van der Waals surface area contributed by atoms with Crippen LogP contribution in [0.5, 0.6) is 0 Å². The number of hydrogen-bond donors (Lipinski definition) is 0. The zero-order valence-electron chi connectivity index (χ0n) is 13.9. The van der Waals surface area contributed by atoms with Crippen LogP contribution in [0, 0.1) is 11.8 Å². The third kappa shape index (κ3) is 2.37. The van der Waals surface area contributed by atoms with Gasteiger partial charge in [0.15, 0.2) is 0 Å². The molecule has 5 rings (SSSR count). The first-order chi connectivity index (χ1) is 12.1. The second-order valence-electron chi connectivity index (χ2n) is 7.30. The van der Waals surface area contributed by atoms with E-state index in [0.29, 0.717) is 29.8 Å². The van der Waals surface area contributed by atoms with Gasteiger partial charge in [-0.2, -0.15) is 4.31 Å². The average Bonchev–Trinajstić information content (AvgIpc) is 3.35. The molecule has 4 atom stereocenters. The highest BCUT2D eigenvalue weighted by molar-refractivity contribution is 7.89. The van der Waals surface area contributed by atoms with Crippen LogP contribution in [0.15, 0.2) is 59.5 Å². The third-order valence-electron chi connectivity index (χ3n) is 6.01. The number of rotatable bonds is 3. The van der Waals surface area contributed by atoms with Crippen molar-refractivity contribution in [1.82, 2.24) is 4.31 Å². The number of hydrogen-bond acceptors (Lipinski definition) is 3. The standard InChI is InChI=1S/C20H21NO3S/c22-25(23,21-12-16-17(13-21)19-11-10-18(16)24-19)20-9-5-4-8-15(20)14-6-2-1-3-7-14/h1-9,16-19H,10-13H2/t16-,17+,18+,19-. The first kappa shape index (κ1) is 15.6. The zero-order chi connectivity index (χ0) is 17.0. The van der Waals surface area contributed by atoms with Crippen LogP contribution in [0.25, 0.3) is 11.1 Å². The summed E-state index contributed by atoms with van der Waals surface area (Å²) in [5.74, 6) is 0.745. The van der Waals surface area contributed by atoms with Gasteiger partial charge in [-0.05, 0) is 24.5 Å². The normalized spacial score (nSPS) is 31.4. The molecule has 25 heavy (non-hydrogen) atoms. The van der Waals surface area contributed by atoms with Crippen molar-refractivity contribution in [1.29, 1.82) is 0 Å². The molecule has 0 saturated carbocycles. The summed E-state index contributed by atoms with van der Waals surface area (Å²) in [6, 6.07) is 17.1. The van der Waals surface area contributed by atoms with Crippen LogP contribution in [-0.2, 0) is 14.8 Å². The van der Waals surface area contributed by atoms with Crippen molar-refractivity contribution in [3.05, 3.63) is 54.6 Å². The van der Waals surface area contributed by atoms with Gasteiger partial charge in [0.2, 0.25) is 10.0 Å². The van der Waals surface area contributed by atoms with Crippen molar-refractivity contribution in [2.24, 2.45) is 11.8 Å². The van der Waals surface area contributed by atoms with Gasteiger partial charge in [-0.25, -0.2) is 8.42 Å². The molecule has 0 amide bonds. The molecule has 0 spiro atoms. The quantitative estimate of drug-likeness (QED) is 0.850. The number of ether oxygens (including phenoxy) is 1. The molecule has 3 aliphatic rings. The van der Waals surface area contributed by atoms with E-state index in [-0.39, 0.29) is 12.2 Å². The van der Waals surface area contributed by atoms with E-state index < -0.39 is 10.0 Å². The Labute approximate surface area is 148 Å². The lowest BCUT2D eigenvalue weighted by molar-refractivity contribution is 0.0779. The molecule has 2 bridgehead atoms. The van der Waals surface area contributed by atoms with Crippen molar-refractivity contribution in [3.63, 3.8) is 0 Å². The summed E-state index contributed by atoms with van der Waals surface area (Å²) in [4.78, 5) is 0.412. The molecule has 3 heterocycles. The molecule has 130 valence electrons. The molecule has 3 saturated heterocycles. The Balaban J connectivity index is 1.51. The molecule has 5 heteroatoms.